The lowest BCUT2D eigenvalue weighted by atomic mass is 9.85. The first-order chi connectivity index (χ1) is 11.0. The molecule has 3 heteroatoms. The second kappa shape index (κ2) is 7.56. The van der Waals surface area contributed by atoms with E-state index < -0.39 is 0 Å². The molecule has 0 bridgehead atoms. The average molecular weight is 424 g/mol. The lowest BCUT2D eigenvalue weighted by Crippen LogP contribution is -2.09. The molecule has 0 spiro atoms. The molecule has 2 nitrogen and oxygen atoms in total. The van der Waals surface area contributed by atoms with Crippen LogP contribution in [-0.4, -0.2) is 18.6 Å². The topological polar surface area (TPSA) is 18.5 Å². The molecule has 0 radical (unpaired) electrons. The van der Waals surface area contributed by atoms with E-state index in [0.29, 0.717) is 5.92 Å². The van der Waals surface area contributed by atoms with Gasteiger partial charge in [-0.05, 0) is 73.2 Å². The van der Waals surface area contributed by atoms with E-state index >= 15 is 0 Å². The van der Waals surface area contributed by atoms with Crippen LogP contribution in [0.2, 0.25) is 0 Å². The number of ether oxygens (including phenoxy) is 2. The van der Waals surface area contributed by atoms with Gasteiger partial charge in [-0.2, -0.15) is 0 Å². The van der Waals surface area contributed by atoms with Gasteiger partial charge in [0.25, 0.3) is 0 Å². The molecule has 0 fully saturated rings. The molecule has 23 heavy (non-hydrogen) atoms. The number of hydrogen-bond acceptors (Lipinski definition) is 2. The lowest BCUT2D eigenvalue weighted by molar-refractivity contribution is 0.411. The van der Waals surface area contributed by atoms with Crippen LogP contribution in [0.3, 0.4) is 0 Å². The van der Waals surface area contributed by atoms with E-state index in [1.165, 1.54) is 33.4 Å². The van der Waals surface area contributed by atoms with Gasteiger partial charge in [0, 0.05) is 10.3 Å². The molecule has 0 aliphatic carbocycles. The SMILES string of the molecule is COc1ccc(C(CI)c2ccc(OC)c(C)c2C)c(C)c1C. The second-order valence-corrected chi connectivity index (χ2v) is 6.80. The lowest BCUT2D eigenvalue weighted by Gasteiger charge is -2.23. The Morgan fingerprint density at radius 1 is 0.739 bits per heavy atom. The summed E-state index contributed by atoms with van der Waals surface area (Å²) >= 11 is 2.49. The van der Waals surface area contributed by atoms with E-state index in [2.05, 4.69) is 74.6 Å². The molecular formula is C20H25IO2. The molecule has 2 rings (SSSR count). The Hall–Kier alpha value is -1.23. The highest BCUT2D eigenvalue weighted by Gasteiger charge is 2.20. The van der Waals surface area contributed by atoms with E-state index in [4.69, 9.17) is 9.47 Å². The third kappa shape index (κ3) is 3.35. The minimum Gasteiger partial charge on any atom is -0.496 e. The summed E-state index contributed by atoms with van der Waals surface area (Å²) in [5.74, 6) is 2.30. The van der Waals surface area contributed by atoms with Crippen molar-refractivity contribution < 1.29 is 9.47 Å². The molecule has 2 aromatic carbocycles. The minimum absolute atomic E-state index is 0.379. The molecule has 0 N–H and O–H groups in total. The molecule has 0 aliphatic heterocycles. The fraction of sp³-hybridized carbons (Fsp3) is 0.400. The Morgan fingerprint density at radius 3 is 1.43 bits per heavy atom. The normalized spacial score (nSPS) is 11.0. The summed E-state index contributed by atoms with van der Waals surface area (Å²) in [6, 6.07) is 8.60. The summed E-state index contributed by atoms with van der Waals surface area (Å²) in [6.45, 7) is 8.65. The molecule has 0 unspecified atom stereocenters. The first-order valence-electron chi connectivity index (χ1n) is 7.80. The van der Waals surface area contributed by atoms with Gasteiger partial charge in [-0.25, -0.2) is 0 Å². The monoisotopic (exact) mass is 424 g/mol. The quantitative estimate of drug-likeness (QED) is 0.466. The number of hydrogen-bond donors (Lipinski definition) is 0. The maximum atomic E-state index is 5.45. The number of alkyl halides is 1. The standard InChI is InChI=1S/C20H25IO2/c1-12-14(3)19(22-5)9-7-16(12)18(11-21)17-8-10-20(23-6)15(4)13(17)2/h7-10,18H,11H2,1-6H3. The summed E-state index contributed by atoms with van der Waals surface area (Å²) in [7, 11) is 3.46. The smallest absolute Gasteiger partial charge is 0.122 e. The van der Waals surface area contributed by atoms with Crippen LogP contribution in [0.15, 0.2) is 24.3 Å². The highest BCUT2D eigenvalue weighted by atomic mass is 127. The Bertz CT molecular complexity index is 648. The molecule has 0 aromatic heterocycles. The zero-order valence-electron chi connectivity index (χ0n) is 14.8. The molecule has 0 saturated carbocycles. The van der Waals surface area contributed by atoms with Gasteiger partial charge in [-0.15, -0.1) is 0 Å². The van der Waals surface area contributed by atoms with Crippen molar-refractivity contribution in [1.29, 1.82) is 0 Å². The highest BCUT2D eigenvalue weighted by Crippen LogP contribution is 2.37. The number of benzene rings is 2. The summed E-state index contributed by atoms with van der Waals surface area (Å²) < 4.78 is 11.9. The summed E-state index contributed by atoms with van der Waals surface area (Å²) in [5.41, 5.74) is 7.85. The summed E-state index contributed by atoms with van der Waals surface area (Å²) in [6.07, 6.45) is 0. The van der Waals surface area contributed by atoms with E-state index in [0.717, 1.165) is 15.9 Å². The largest absolute Gasteiger partial charge is 0.496 e. The molecular weight excluding hydrogens is 399 g/mol. The van der Waals surface area contributed by atoms with E-state index in [1.807, 2.05) is 0 Å². The predicted octanol–water partition coefficient (Wildman–Crippen LogP) is 5.50. The predicted molar refractivity (Wildman–Crippen MR) is 106 cm³/mol. The van der Waals surface area contributed by atoms with Crippen molar-refractivity contribution in [2.24, 2.45) is 0 Å². The van der Waals surface area contributed by atoms with Crippen molar-refractivity contribution in [3.63, 3.8) is 0 Å². The van der Waals surface area contributed by atoms with Crippen LogP contribution < -0.4 is 9.47 Å². The number of halogens is 1. The van der Waals surface area contributed by atoms with Crippen LogP contribution in [0.4, 0.5) is 0 Å². The van der Waals surface area contributed by atoms with Crippen LogP contribution in [-0.2, 0) is 0 Å². The third-order valence-electron chi connectivity index (χ3n) is 4.90. The molecule has 0 atom stereocenters. The molecule has 124 valence electrons. The maximum Gasteiger partial charge on any atom is 0.122 e. The number of rotatable bonds is 5. The van der Waals surface area contributed by atoms with Crippen molar-refractivity contribution >= 4 is 22.6 Å². The first kappa shape index (κ1) is 18.1. The second-order valence-electron chi connectivity index (χ2n) is 5.92. The van der Waals surface area contributed by atoms with Crippen LogP contribution >= 0.6 is 22.6 Å². The Balaban J connectivity index is 2.58. The fourth-order valence-electron chi connectivity index (χ4n) is 3.16. The zero-order chi connectivity index (χ0) is 17.1. The first-order valence-corrected chi connectivity index (χ1v) is 9.32. The van der Waals surface area contributed by atoms with Crippen molar-refractivity contribution in [2.45, 2.75) is 33.6 Å². The van der Waals surface area contributed by atoms with Gasteiger partial charge in [-0.1, -0.05) is 34.7 Å². The minimum atomic E-state index is 0.379. The van der Waals surface area contributed by atoms with Crippen LogP contribution in [0.1, 0.15) is 39.3 Å². The van der Waals surface area contributed by atoms with Gasteiger partial charge in [0.1, 0.15) is 11.5 Å². The zero-order valence-corrected chi connectivity index (χ0v) is 16.9. The summed E-state index contributed by atoms with van der Waals surface area (Å²) in [4.78, 5) is 0. The summed E-state index contributed by atoms with van der Waals surface area (Å²) in [5, 5.41) is 0. The molecule has 0 amide bonds. The van der Waals surface area contributed by atoms with Crippen molar-refractivity contribution in [3.8, 4) is 11.5 Å². The van der Waals surface area contributed by atoms with Gasteiger partial charge >= 0.3 is 0 Å². The van der Waals surface area contributed by atoms with Crippen molar-refractivity contribution in [1.82, 2.24) is 0 Å². The fourth-order valence-corrected chi connectivity index (χ4v) is 4.11. The van der Waals surface area contributed by atoms with Gasteiger partial charge in [-0.3, -0.25) is 0 Å². The van der Waals surface area contributed by atoms with Gasteiger partial charge in [0.05, 0.1) is 14.2 Å². The highest BCUT2D eigenvalue weighted by molar-refractivity contribution is 14.1. The van der Waals surface area contributed by atoms with Crippen LogP contribution in [0.25, 0.3) is 0 Å². The Labute approximate surface area is 153 Å². The van der Waals surface area contributed by atoms with Gasteiger partial charge in [0.15, 0.2) is 0 Å². The van der Waals surface area contributed by atoms with Crippen LogP contribution in [0.5, 0.6) is 11.5 Å². The van der Waals surface area contributed by atoms with E-state index in [-0.39, 0.29) is 0 Å². The van der Waals surface area contributed by atoms with Gasteiger partial charge < -0.3 is 9.47 Å². The Kier molecular flexibility index (Phi) is 5.95. The average Bonchev–Trinajstić information content (AvgIpc) is 2.56. The van der Waals surface area contributed by atoms with Crippen molar-refractivity contribution in [2.75, 3.05) is 18.6 Å². The van der Waals surface area contributed by atoms with E-state index in [9.17, 15) is 0 Å². The van der Waals surface area contributed by atoms with Crippen LogP contribution in [0, 0.1) is 27.7 Å². The maximum absolute atomic E-state index is 5.45. The Morgan fingerprint density at radius 2 is 1.13 bits per heavy atom. The molecule has 0 heterocycles. The molecule has 0 saturated heterocycles. The molecule has 0 aliphatic rings. The number of methoxy groups -OCH3 is 2. The van der Waals surface area contributed by atoms with E-state index in [1.54, 1.807) is 14.2 Å². The molecule has 2 aromatic rings. The third-order valence-corrected chi connectivity index (χ3v) is 5.78. The van der Waals surface area contributed by atoms with Gasteiger partial charge in [0.2, 0.25) is 0 Å². The van der Waals surface area contributed by atoms with Crippen molar-refractivity contribution in [3.05, 3.63) is 57.6 Å².